The largest absolute Gasteiger partial charge is 0.481 e. The molecule has 0 amide bonds. The molecule has 0 aromatic rings. The molecule has 0 bridgehead atoms. The zero-order valence-corrected chi connectivity index (χ0v) is 9.47. The molecule has 11 nitrogen and oxygen atoms in total. The third-order valence-corrected chi connectivity index (χ3v) is 1.35. The van der Waals surface area contributed by atoms with Gasteiger partial charge in [-0.3, -0.25) is 9.59 Å². The lowest BCUT2D eigenvalue weighted by Gasteiger charge is -2.12. The standard InChI is InChI=1S/C6H8O7.H3O4P/c7-3(8)1-2(5(10)11)4(9)6(12)13;1-5(2,3)4/h2,4,9H,1H2,(H,7,8)(H,10,11)(H,12,13);(H3,1,2,3,4). The molecule has 0 aromatic heterocycles. The van der Waals surface area contributed by atoms with Crippen molar-refractivity contribution < 1.29 is 54.1 Å². The van der Waals surface area contributed by atoms with E-state index in [1.165, 1.54) is 0 Å². The summed E-state index contributed by atoms with van der Waals surface area (Å²) in [6.07, 6.45) is -3.13. The van der Waals surface area contributed by atoms with E-state index in [-0.39, 0.29) is 0 Å². The van der Waals surface area contributed by atoms with Crippen LogP contribution in [-0.2, 0) is 18.9 Å². The Morgan fingerprint density at radius 1 is 0.944 bits per heavy atom. The van der Waals surface area contributed by atoms with Crippen LogP contribution in [0.15, 0.2) is 0 Å². The first-order valence-corrected chi connectivity index (χ1v) is 5.56. The van der Waals surface area contributed by atoms with Crippen molar-refractivity contribution in [3.63, 3.8) is 0 Å². The first-order valence-electron chi connectivity index (χ1n) is 4.00. The number of hydrogen-bond donors (Lipinski definition) is 7. The highest BCUT2D eigenvalue weighted by atomic mass is 31.2. The monoisotopic (exact) mass is 290 g/mol. The fourth-order valence-corrected chi connectivity index (χ4v) is 0.694. The Labute approximate surface area is 99.2 Å². The molecular formula is C6H11O11P. The lowest BCUT2D eigenvalue weighted by Crippen LogP contribution is -2.36. The maximum atomic E-state index is 10.3. The summed E-state index contributed by atoms with van der Waals surface area (Å²) in [4.78, 5) is 52.1. The molecule has 0 saturated heterocycles. The summed E-state index contributed by atoms with van der Waals surface area (Å²) in [6.45, 7) is 0. The Balaban J connectivity index is 0. The molecular weight excluding hydrogens is 279 g/mol. The molecule has 0 rings (SSSR count). The highest BCUT2D eigenvalue weighted by Crippen LogP contribution is 2.25. The van der Waals surface area contributed by atoms with Gasteiger partial charge in [0, 0.05) is 0 Å². The van der Waals surface area contributed by atoms with E-state index >= 15 is 0 Å². The average Bonchev–Trinajstić information content (AvgIpc) is 2.09. The highest BCUT2D eigenvalue weighted by molar-refractivity contribution is 7.45. The SMILES string of the molecule is O=C(O)CC(C(=O)O)C(O)C(=O)O.O=P(O)(O)O. The lowest BCUT2D eigenvalue weighted by atomic mass is 9.99. The Kier molecular flexibility index (Phi) is 8.10. The van der Waals surface area contributed by atoms with E-state index in [4.69, 9.17) is 39.7 Å². The number of aliphatic hydroxyl groups excluding tert-OH is 1. The molecule has 0 radical (unpaired) electrons. The molecule has 7 N–H and O–H groups in total. The molecule has 0 aliphatic carbocycles. The highest BCUT2D eigenvalue weighted by Gasteiger charge is 2.33. The van der Waals surface area contributed by atoms with Crippen molar-refractivity contribution in [3.05, 3.63) is 0 Å². The van der Waals surface area contributed by atoms with E-state index in [2.05, 4.69) is 0 Å². The average molecular weight is 290 g/mol. The summed E-state index contributed by atoms with van der Waals surface area (Å²) in [7, 11) is -4.64. The van der Waals surface area contributed by atoms with Gasteiger partial charge in [-0.15, -0.1) is 0 Å². The van der Waals surface area contributed by atoms with E-state index in [1.54, 1.807) is 0 Å². The molecule has 0 aliphatic heterocycles. The molecule has 0 aliphatic rings. The van der Waals surface area contributed by atoms with Crippen molar-refractivity contribution in [3.8, 4) is 0 Å². The first kappa shape index (κ1) is 18.8. The number of carbonyl (C=O) groups is 3. The Hall–Kier alpha value is -1.52. The summed E-state index contributed by atoms with van der Waals surface area (Å²) >= 11 is 0. The normalized spacial score (nSPS) is 13.8. The van der Waals surface area contributed by atoms with Gasteiger partial charge in [0.1, 0.15) is 5.92 Å². The van der Waals surface area contributed by atoms with E-state index in [0.29, 0.717) is 0 Å². The van der Waals surface area contributed by atoms with Gasteiger partial charge in [-0.2, -0.15) is 0 Å². The van der Waals surface area contributed by atoms with Crippen molar-refractivity contribution in [2.45, 2.75) is 12.5 Å². The van der Waals surface area contributed by atoms with Crippen molar-refractivity contribution >= 4 is 25.7 Å². The van der Waals surface area contributed by atoms with E-state index in [1.807, 2.05) is 0 Å². The number of carboxylic acid groups (broad SMARTS) is 3. The second-order valence-corrected chi connectivity index (χ2v) is 3.87. The molecule has 106 valence electrons. The van der Waals surface area contributed by atoms with Crippen molar-refractivity contribution in [2.24, 2.45) is 5.92 Å². The molecule has 0 spiro atoms. The summed E-state index contributed by atoms with van der Waals surface area (Å²) in [5.41, 5.74) is 0. The van der Waals surface area contributed by atoms with Crippen molar-refractivity contribution in [2.75, 3.05) is 0 Å². The summed E-state index contributed by atoms with van der Waals surface area (Å²) in [6, 6.07) is 0. The van der Waals surface area contributed by atoms with Gasteiger partial charge in [0.15, 0.2) is 6.10 Å². The number of aliphatic hydroxyl groups is 1. The second kappa shape index (κ2) is 7.74. The number of phosphoric acid groups is 1. The van der Waals surface area contributed by atoms with Gasteiger partial charge in [0.2, 0.25) is 0 Å². The summed E-state index contributed by atoms with van der Waals surface area (Å²) in [5.74, 6) is -6.71. The number of rotatable bonds is 5. The van der Waals surface area contributed by atoms with E-state index in [0.717, 1.165) is 0 Å². The van der Waals surface area contributed by atoms with Gasteiger partial charge in [-0.1, -0.05) is 0 Å². The van der Waals surface area contributed by atoms with Gasteiger partial charge < -0.3 is 35.1 Å². The van der Waals surface area contributed by atoms with Gasteiger partial charge in [-0.05, 0) is 0 Å². The second-order valence-electron chi connectivity index (χ2n) is 2.84. The van der Waals surface area contributed by atoms with Crippen LogP contribution in [0.3, 0.4) is 0 Å². The van der Waals surface area contributed by atoms with Crippen LogP contribution in [0, 0.1) is 5.92 Å². The maximum absolute atomic E-state index is 10.3. The van der Waals surface area contributed by atoms with Crippen LogP contribution in [0.4, 0.5) is 0 Å². The summed E-state index contributed by atoms with van der Waals surface area (Å²) < 4.78 is 8.88. The van der Waals surface area contributed by atoms with E-state index in [9.17, 15) is 14.4 Å². The minimum atomic E-state index is -4.64. The third-order valence-electron chi connectivity index (χ3n) is 1.35. The number of aliphatic carboxylic acids is 3. The minimum Gasteiger partial charge on any atom is -0.481 e. The zero-order chi connectivity index (χ0) is 15.1. The zero-order valence-electron chi connectivity index (χ0n) is 8.57. The van der Waals surface area contributed by atoms with Crippen LogP contribution >= 0.6 is 7.82 Å². The van der Waals surface area contributed by atoms with Gasteiger partial charge >= 0.3 is 25.7 Å². The van der Waals surface area contributed by atoms with Crippen LogP contribution in [0.25, 0.3) is 0 Å². The van der Waals surface area contributed by atoms with Crippen LogP contribution in [0.2, 0.25) is 0 Å². The topological polar surface area (TPSA) is 210 Å². The minimum absolute atomic E-state index is 0.928. The number of hydrogen-bond acceptors (Lipinski definition) is 5. The molecule has 2 unspecified atom stereocenters. The Morgan fingerprint density at radius 3 is 1.44 bits per heavy atom. The Morgan fingerprint density at radius 2 is 1.28 bits per heavy atom. The molecule has 0 aromatic carbocycles. The fourth-order valence-electron chi connectivity index (χ4n) is 0.694. The first-order chi connectivity index (χ1) is 7.86. The quantitative estimate of drug-likeness (QED) is 0.267. The van der Waals surface area contributed by atoms with Crippen LogP contribution in [0.1, 0.15) is 6.42 Å². The van der Waals surface area contributed by atoms with Crippen molar-refractivity contribution in [1.82, 2.24) is 0 Å². The van der Waals surface area contributed by atoms with Crippen LogP contribution in [-0.4, -0.2) is 59.1 Å². The molecule has 18 heavy (non-hydrogen) atoms. The predicted molar refractivity (Wildman–Crippen MR) is 51.3 cm³/mol. The Bertz CT molecular complexity index is 348. The molecule has 2 atom stereocenters. The summed E-state index contributed by atoms with van der Waals surface area (Å²) in [5, 5.41) is 33.5. The lowest BCUT2D eigenvalue weighted by molar-refractivity contribution is -0.162. The van der Waals surface area contributed by atoms with Crippen LogP contribution < -0.4 is 0 Å². The third kappa shape index (κ3) is 12.5. The van der Waals surface area contributed by atoms with E-state index < -0.39 is 44.2 Å². The molecule has 0 fully saturated rings. The molecule has 0 saturated carbocycles. The van der Waals surface area contributed by atoms with Crippen LogP contribution in [0.5, 0.6) is 0 Å². The smallest absolute Gasteiger partial charge is 0.466 e. The van der Waals surface area contributed by atoms with Gasteiger partial charge in [-0.25, -0.2) is 9.36 Å². The van der Waals surface area contributed by atoms with Crippen molar-refractivity contribution in [1.29, 1.82) is 0 Å². The predicted octanol–water partition coefficient (Wildman–Crippen LogP) is -2.32. The maximum Gasteiger partial charge on any atom is 0.466 e. The molecule has 0 heterocycles. The number of carboxylic acids is 3. The van der Waals surface area contributed by atoms with Gasteiger partial charge in [0.25, 0.3) is 0 Å². The fraction of sp³-hybridized carbons (Fsp3) is 0.500. The molecule has 12 heteroatoms. The van der Waals surface area contributed by atoms with Gasteiger partial charge in [0.05, 0.1) is 6.42 Å².